The number of rotatable bonds is 3. The Bertz CT molecular complexity index is 514. The van der Waals surface area contributed by atoms with Crippen LogP contribution in [0.2, 0.25) is 0 Å². The predicted octanol–water partition coefficient (Wildman–Crippen LogP) is 2.67. The van der Waals surface area contributed by atoms with Crippen LogP contribution < -0.4 is 5.32 Å². The van der Waals surface area contributed by atoms with Crippen molar-refractivity contribution in [1.82, 2.24) is 10.3 Å². The molecule has 2 aromatic rings. The fourth-order valence-electron chi connectivity index (χ4n) is 1.81. The maximum Gasteiger partial charge on any atom is 0.146 e. The van der Waals surface area contributed by atoms with Gasteiger partial charge in [0.2, 0.25) is 0 Å². The van der Waals surface area contributed by atoms with E-state index >= 15 is 0 Å². The first-order chi connectivity index (χ1) is 8.22. The average molecular weight is 234 g/mol. The minimum Gasteiger partial charge on any atom is -0.309 e. The Kier molecular flexibility index (Phi) is 3.44. The third kappa shape index (κ3) is 2.47. The molecular formula is C13H12F2N2. The molecule has 1 N–H and O–H groups in total. The molecule has 1 aromatic heterocycles. The molecule has 0 amide bonds. The molecule has 0 aliphatic carbocycles. The fourth-order valence-corrected chi connectivity index (χ4v) is 1.81. The van der Waals surface area contributed by atoms with Gasteiger partial charge in [0.1, 0.15) is 11.6 Å². The Labute approximate surface area is 98.3 Å². The maximum absolute atomic E-state index is 13.6. The Morgan fingerprint density at radius 1 is 1.24 bits per heavy atom. The zero-order chi connectivity index (χ0) is 12.3. The van der Waals surface area contributed by atoms with Crippen molar-refractivity contribution in [3.63, 3.8) is 0 Å². The van der Waals surface area contributed by atoms with Gasteiger partial charge in [-0.15, -0.1) is 0 Å². The van der Waals surface area contributed by atoms with Crippen LogP contribution in [-0.2, 0) is 0 Å². The highest BCUT2D eigenvalue weighted by Gasteiger charge is 2.16. The molecular weight excluding hydrogens is 222 g/mol. The SMILES string of the molecule is CNC(c1cccc(F)c1)c1ccncc1F. The number of pyridine rings is 1. The summed E-state index contributed by atoms with van der Waals surface area (Å²) in [7, 11) is 1.70. The first kappa shape index (κ1) is 11.7. The first-order valence-corrected chi connectivity index (χ1v) is 5.24. The molecule has 1 heterocycles. The Morgan fingerprint density at radius 2 is 2.06 bits per heavy atom. The fraction of sp³-hybridized carbons (Fsp3) is 0.154. The number of halogens is 2. The van der Waals surface area contributed by atoms with Crippen LogP contribution in [0.5, 0.6) is 0 Å². The summed E-state index contributed by atoms with van der Waals surface area (Å²) in [5.74, 6) is -0.742. The third-order valence-electron chi connectivity index (χ3n) is 2.59. The van der Waals surface area contributed by atoms with Crippen LogP contribution in [0.25, 0.3) is 0 Å². The van der Waals surface area contributed by atoms with Crippen molar-refractivity contribution in [1.29, 1.82) is 0 Å². The smallest absolute Gasteiger partial charge is 0.146 e. The van der Waals surface area contributed by atoms with E-state index in [0.717, 1.165) is 6.20 Å². The van der Waals surface area contributed by atoms with Crippen molar-refractivity contribution in [2.45, 2.75) is 6.04 Å². The van der Waals surface area contributed by atoms with E-state index in [-0.39, 0.29) is 11.9 Å². The summed E-state index contributed by atoms with van der Waals surface area (Å²) in [4.78, 5) is 3.70. The summed E-state index contributed by atoms with van der Waals surface area (Å²) in [5.41, 5.74) is 1.13. The van der Waals surface area contributed by atoms with Crippen molar-refractivity contribution >= 4 is 0 Å². The van der Waals surface area contributed by atoms with Crippen LogP contribution in [-0.4, -0.2) is 12.0 Å². The second-order valence-electron chi connectivity index (χ2n) is 3.67. The topological polar surface area (TPSA) is 24.9 Å². The summed E-state index contributed by atoms with van der Waals surface area (Å²) >= 11 is 0. The molecule has 0 saturated carbocycles. The van der Waals surface area contributed by atoms with E-state index in [1.165, 1.54) is 18.3 Å². The van der Waals surface area contributed by atoms with Gasteiger partial charge >= 0.3 is 0 Å². The van der Waals surface area contributed by atoms with E-state index in [1.54, 1.807) is 25.2 Å². The molecule has 4 heteroatoms. The van der Waals surface area contributed by atoms with E-state index < -0.39 is 5.82 Å². The largest absolute Gasteiger partial charge is 0.309 e. The van der Waals surface area contributed by atoms with Crippen LogP contribution in [0, 0.1) is 11.6 Å². The normalized spacial score (nSPS) is 12.4. The van der Waals surface area contributed by atoms with E-state index in [4.69, 9.17) is 0 Å². The second-order valence-corrected chi connectivity index (χ2v) is 3.67. The Hall–Kier alpha value is -1.81. The number of hydrogen-bond acceptors (Lipinski definition) is 2. The molecule has 1 aromatic carbocycles. The monoisotopic (exact) mass is 234 g/mol. The van der Waals surface area contributed by atoms with Crippen molar-refractivity contribution in [3.8, 4) is 0 Å². The molecule has 0 radical (unpaired) electrons. The van der Waals surface area contributed by atoms with E-state index in [2.05, 4.69) is 10.3 Å². The van der Waals surface area contributed by atoms with Crippen LogP contribution in [0.4, 0.5) is 8.78 Å². The average Bonchev–Trinajstić information content (AvgIpc) is 2.33. The van der Waals surface area contributed by atoms with Gasteiger partial charge in [-0.2, -0.15) is 0 Å². The molecule has 0 saturated heterocycles. The third-order valence-corrected chi connectivity index (χ3v) is 2.59. The highest BCUT2D eigenvalue weighted by Crippen LogP contribution is 2.23. The molecule has 88 valence electrons. The number of hydrogen-bond donors (Lipinski definition) is 1. The summed E-state index contributed by atoms with van der Waals surface area (Å²) in [6.45, 7) is 0. The van der Waals surface area contributed by atoms with Gasteiger partial charge in [0.05, 0.1) is 12.2 Å². The summed E-state index contributed by atoms with van der Waals surface area (Å²) in [6.07, 6.45) is 2.67. The summed E-state index contributed by atoms with van der Waals surface area (Å²) < 4.78 is 26.8. The van der Waals surface area contributed by atoms with Crippen molar-refractivity contribution in [2.75, 3.05) is 7.05 Å². The number of benzene rings is 1. The highest BCUT2D eigenvalue weighted by atomic mass is 19.1. The van der Waals surface area contributed by atoms with Crippen molar-refractivity contribution in [3.05, 3.63) is 65.5 Å². The lowest BCUT2D eigenvalue weighted by Gasteiger charge is -2.17. The van der Waals surface area contributed by atoms with Gasteiger partial charge in [-0.25, -0.2) is 8.78 Å². The molecule has 1 unspecified atom stereocenters. The van der Waals surface area contributed by atoms with Gasteiger partial charge in [0.25, 0.3) is 0 Å². The molecule has 1 atom stereocenters. The van der Waals surface area contributed by atoms with E-state index in [1.807, 2.05) is 0 Å². The Balaban J connectivity index is 2.44. The molecule has 0 bridgehead atoms. The van der Waals surface area contributed by atoms with E-state index in [0.29, 0.717) is 11.1 Å². The lowest BCUT2D eigenvalue weighted by molar-refractivity contribution is 0.566. The zero-order valence-corrected chi connectivity index (χ0v) is 9.32. The van der Waals surface area contributed by atoms with Crippen LogP contribution in [0.3, 0.4) is 0 Å². The number of aromatic nitrogens is 1. The standard InChI is InChI=1S/C13H12F2N2/c1-16-13(9-3-2-4-10(14)7-9)11-5-6-17-8-12(11)15/h2-8,13,16H,1H3. The van der Waals surface area contributed by atoms with Gasteiger partial charge in [0.15, 0.2) is 0 Å². The van der Waals surface area contributed by atoms with Gasteiger partial charge in [-0.3, -0.25) is 4.98 Å². The number of nitrogens with one attached hydrogen (secondary N) is 1. The van der Waals surface area contributed by atoms with Crippen molar-refractivity contribution in [2.24, 2.45) is 0 Å². The molecule has 2 rings (SSSR count). The van der Waals surface area contributed by atoms with Crippen LogP contribution >= 0.6 is 0 Å². The highest BCUT2D eigenvalue weighted by molar-refractivity contribution is 5.31. The van der Waals surface area contributed by atoms with Crippen LogP contribution in [0.1, 0.15) is 17.2 Å². The van der Waals surface area contributed by atoms with E-state index in [9.17, 15) is 8.78 Å². The van der Waals surface area contributed by atoms with Gasteiger partial charge < -0.3 is 5.32 Å². The molecule has 0 fully saturated rings. The number of nitrogens with zero attached hydrogens (tertiary/aromatic N) is 1. The lowest BCUT2D eigenvalue weighted by Crippen LogP contribution is -2.19. The quantitative estimate of drug-likeness (QED) is 0.883. The summed E-state index contributed by atoms with van der Waals surface area (Å²) in [5, 5.41) is 2.97. The predicted molar refractivity (Wildman–Crippen MR) is 61.5 cm³/mol. The lowest BCUT2D eigenvalue weighted by atomic mass is 9.99. The minimum atomic E-state index is -0.406. The minimum absolute atomic E-state index is 0.336. The molecule has 0 aliphatic heterocycles. The van der Waals surface area contributed by atoms with Gasteiger partial charge in [-0.05, 0) is 30.8 Å². The van der Waals surface area contributed by atoms with Crippen LogP contribution in [0.15, 0.2) is 42.7 Å². The Morgan fingerprint density at radius 3 is 2.71 bits per heavy atom. The molecule has 0 aliphatic rings. The summed E-state index contributed by atoms with van der Waals surface area (Å²) in [6, 6.07) is 7.31. The zero-order valence-electron chi connectivity index (χ0n) is 9.32. The first-order valence-electron chi connectivity index (χ1n) is 5.24. The van der Waals surface area contributed by atoms with Crippen molar-refractivity contribution < 1.29 is 8.78 Å². The molecule has 0 spiro atoms. The molecule has 2 nitrogen and oxygen atoms in total. The maximum atomic E-state index is 13.6. The second kappa shape index (κ2) is 5.01. The van der Waals surface area contributed by atoms with Gasteiger partial charge in [0, 0.05) is 11.8 Å². The molecule has 17 heavy (non-hydrogen) atoms. The van der Waals surface area contributed by atoms with Gasteiger partial charge in [-0.1, -0.05) is 12.1 Å².